The van der Waals surface area contributed by atoms with E-state index in [2.05, 4.69) is 27.7 Å². The number of carbonyl (C=O) groups excluding carboxylic acids is 4. The Morgan fingerprint density at radius 2 is 0.920 bits per heavy atom. The monoisotopic (exact) mass is 464 g/mol. The summed E-state index contributed by atoms with van der Waals surface area (Å²) in [4.78, 5) is 38.8. The summed E-state index contributed by atoms with van der Waals surface area (Å²) in [5.41, 5.74) is -0.704. The Morgan fingerprint density at radius 3 is 0.960 bits per heavy atom. The maximum absolute atomic E-state index is 9.76. The molecule has 0 unspecified atom stereocenters. The summed E-state index contributed by atoms with van der Waals surface area (Å²) in [6.07, 6.45) is 0.935. The molecule has 0 rings (SSSR count). The molecule has 25 heavy (non-hydrogen) atoms. The van der Waals surface area contributed by atoms with E-state index in [1.165, 1.54) is 0 Å². The molecule has 9 heteroatoms. The van der Waals surface area contributed by atoms with Crippen molar-refractivity contribution in [1.29, 1.82) is 0 Å². The molecule has 0 aliphatic carbocycles. The molecule has 0 atom stereocenters. The van der Waals surface area contributed by atoms with Gasteiger partial charge in [0, 0.05) is 0 Å². The summed E-state index contributed by atoms with van der Waals surface area (Å²) in [6.45, 7) is 11.7. The fourth-order valence-corrected chi connectivity index (χ4v) is 6.80. The quantitative estimate of drug-likeness (QED) is 0.292. The van der Waals surface area contributed by atoms with E-state index in [1.807, 2.05) is 0 Å². The Balaban J connectivity index is -0.000000293. The number of carboxylic acids is 4. The van der Waals surface area contributed by atoms with E-state index in [0.717, 1.165) is 21.7 Å². The van der Waals surface area contributed by atoms with Crippen LogP contribution < -0.4 is 20.4 Å². The zero-order chi connectivity index (χ0) is 20.7. The van der Waals surface area contributed by atoms with Crippen LogP contribution in [0.4, 0.5) is 0 Å². The molecule has 0 saturated carbocycles. The van der Waals surface area contributed by atoms with Crippen molar-refractivity contribution >= 4 is 45.0 Å². The summed E-state index contributed by atoms with van der Waals surface area (Å²) in [6, 6.07) is 0. The first-order chi connectivity index (χ1) is 11.2. The third-order valence-corrected chi connectivity index (χ3v) is 7.64. The molecule has 0 N–H and O–H groups in total. The number of carboxylic acid groups (broad SMARTS) is 4. The Bertz CT molecular complexity index is 472. The SMILES string of the molecule is C/C(=C/C(=O)[O-])C(=O)[O-].C/C(=C/C(=O)[O-])C(=O)[O-].C[CH](C)[SnH2+4][CH](C)C. The molecule has 0 aliphatic rings. The van der Waals surface area contributed by atoms with Gasteiger partial charge in [0.15, 0.2) is 0 Å². The van der Waals surface area contributed by atoms with Gasteiger partial charge in [0.1, 0.15) is 0 Å². The number of rotatable bonds is 6. The standard InChI is InChI=1S/2C5H6O4.2C3H7.Sn.2H/c2*1-3(5(8)9)2-4(6)7;2*1-3-2;;;/h2*2H,1H3,(H,6,7)(H,8,9);2*3H,1-2H3;;;/q;;;;+4;;/p-4/b2*3-2-;;;;;. The summed E-state index contributed by atoms with van der Waals surface area (Å²) >= 11 is -0.272. The van der Waals surface area contributed by atoms with E-state index in [4.69, 9.17) is 0 Å². The zero-order valence-electron chi connectivity index (χ0n) is 15.3. The number of carbonyl (C=O) groups is 4. The van der Waals surface area contributed by atoms with Crippen molar-refractivity contribution in [2.45, 2.75) is 49.4 Å². The molecule has 0 heterocycles. The van der Waals surface area contributed by atoms with E-state index in [0.29, 0.717) is 12.2 Å². The van der Waals surface area contributed by atoms with Crippen LogP contribution in [0.15, 0.2) is 23.3 Å². The molecule has 0 saturated heterocycles. The van der Waals surface area contributed by atoms with Crippen molar-refractivity contribution in [2.75, 3.05) is 0 Å². The Kier molecular flexibility index (Phi) is 17.5. The van der Waals surface area contributed by atoms with E-state index in [-0.39, 0.29) is 32.3 Å². The van der Waals surface area contributed by atoms with Gasteiger partial charge in [-0.15, -0.1) is 0 Å². The minimum atomic E-state index is -1.53. The molecule has 0 amide bonds. The second-order valence-electron chi connectivity index (χ2n) is 5.89. The van der Waals surface area contributed by atoms with Gasteiger partial charge in [0.25, 0.3) is 0 Å². The van der Waals surface area contributed by atoms with E-state index >= 15 is 0 Å². The zero-order valence-corrected chi connectivity index (χ0v) is 19.3. The first kappa shape index (κ1) is 28.0. The van der Waals surface area contributed by atoms with Crippen LogP contribution in [-0.2, 0) is 19.2 Å². The molecule has 0 aliphatic heterocycles. The van der Waals surface area contributed by atoms with Gasteiger partial charge in [-0.3, -0.25) is 0 Å². The van der Waals surface area contributed by atoms with Crippen molar-refractivity contribution in [3.05, 3.63) is 23.3 Å². The second-order valence-corrected chi connectivity index (χ2v) is 16.6. The van der Waals surface area contributed by atoms with Crippen LogP contribution in [0.25, 0.3) is 0 Å². The average molecular weight is 463 g/mol. The topological polar surface area (TPSA) is 161 Å². The first-order valence-electron chi connectivity index (χ1n) is 7.41. The van der Waals surface area contributed by atoms with Gasteiger partial charge in [0.05, 0.1) is 23.9 Å². The fraction of sp³-hybridized carbons (Fsp3) is 0.500. The van der Waals surface area contributed by atoms with Crippen LogP contribution in [0.2, 0.25) is 7.87 Å². The fourth-order valence-electron chi connectivity index (χ4n) is 1.41. The summed E-state index contributed by atoms with van der Waals surface area (Å²) < 4.78 is 2.17. The number of hydrogen-bond donors (Lipinski definition) is 0. The Labute approximate surface area is 157 Å². The van der Waals surface area contributed by atoms with Gasteiger partial charge in [-0.25, -0.2) is 0 Å². The molecule has 0 spiro atoms. The second kappa shape index (κ2) is 15.7. The third-order valence-electron chi connectivity index (χ3n) is 2.26. The number of aliphatic carboxylic acids is 4. The van der Waals surface area contributed by atoms with Crippen molar-refractivity contribution in [3.63, 3.8) is 0 Å². The maximum atomic E-state index is 9.76. The molecule has 0 bridgehead atoms. The van der Waals surface area contributed by atoms with Crippen LogP contribution in [-0.4, -0.2) is 45.0 Å². The van der Waals surface area contributed by atoms with Gasteiger partial charge in [-0.2, -0.15) is 0 Å². The van der Waals surface area contributed by atoms with Crippen molar-refractivity contribution in [3.8, 4) is 0 Å². The van der Waals surface area contributed by atoms with Crippen molar-refractivity contribution < 1.29 is 39.6 Å². The van der Waals surface area contributed by atoms with Gasteiger partial charge < -0.3 is 39.6 Å². The summed E-state index contributed by atoms with van der Waals surface area (Å²) in [5.74, 6) is -6.06. The van der Waals surface area contributed by atoms with Crippen LogP contribution in [0, 0.1) is 0 Å². The molecule has 4 radical (unpaired) electrons. The average Bonchev–Trinajstić information content (AvgIpc) is 2.36. The van der Waals surface area contributed by atoms with Gasteiger partial charge >= 0.3 is 56.7 Å². The van der Waals surface area contributed by atoms with Crippen LogP contribution in [0.1, 0.15) is 41.5 Å². The van der Waals surface area contributed by atoms with Gasteiger partial charge in [-0.1, -0.05) is 0 Å². The molecule has 0 aromatic heterocycles. The summed E-state index contributed by atoms with van der Waals surface area (Å²) in [5, 5.41) is 38.8. The van der Waals surface area contributed by atoms with Crippen LogP contribution in [0.5, 0.6) is 0 Å². The first-order valence-corrected chi connectivity index (χ1v) is 12.1. The molecule has 8 nitrogen and oxygen atoms in total. The minimum absolute atomic E-state index is 0.272. The molecule has 0 aromatic carbocycles. The van der Waals surface area contributed by atoms with Crippen molar-refractivity contribution in [2.24, 2.45) is 0 Å². The van der Waals surface area contributed by atoms with E-state index in [1.54, 1.807) is 0 Å². The normalized spacial score (nSPS) is 11.0. The molecule has 0 aromatic rings. The van der Waals surface area contributed by atoms with Gasteiger partial charge in [-0.05, 0) is 37.1 Å². The molecule has 140 valence electrons. The molecular formula is C16H24O8Sn. The van der Waals surface area contributed by atoms with Crippen LogP contribution in [0.3, 0.4) is 0 Å². The Morgan fingerprint density at radius 1 is 0.680 bits per heavy atom. The molecular weight excluding hydrogens is 439 g/mol. The predicted octanol–water partition coefficient (Wildman–Crippen LogP) is -3.32. The molecule has 0 fully saturated rings. The summed E-state index contributed by atoms with van der Waals surface area (Å²) in [7, 11) is 0. The van der Waals surface area contributed by atoms with Crippen LogP contribution >= 0.6 is 0 Å². The van der Waals surface area contributed by atoms with E-state index in [9.17, 15) is 39.6 Å². The third kappa shape index (κ3) is 27.3. The van der Waals surface area contributed by atoms with Crippen molar-refractivity contribution in [1.82, 2.24) is 0 Å². The van der Waals surface area contributed by atoms with Gasteiger partial charge in [0.2, 0.25) is 0 Å². The Hall–Kier alpha value is -1.84. The van der Waals surface area contributed by atoms with E-state index < -0.39 is 23.9 Å². The predicted molar refractivity (Wildman–Crippen MR) is 86.3 cm³/mol. The number of hydrogen-bond acceptors (Lipinski definition) is 8.